The normalized spacial score (nSPS) is 15.4. The monoisotopic (exact) mass is 473 g/mol. The molecule has 158 valence electrons. The lowest BCUT2D eigenvalue weighted by molar-refractivity contribution is -0.116. The number of hydrogen-bond acceptors (Lipinski definition) is 7. The molecule has 0 saturated heterocycles. The van der Waals surface area contributed by atoms with Gasteiger partial charge in [-0.05, 0) is 43.8 Å². The average molecular weight is 474 g/mol. The van der Waals surface area contributed by atoms with Gasteiger partial charge in [0.1, 0.15) is 5.92 Å². The standard InChI is InChI=1S/C20H24BrN7O2/c1-22-6-3-7-23-20-25-17(14-11-28(8-9-30-2)27-18(14)26-20)16-13-10-12(21)4-5-15(13)24-19(16)29/h4-5,10-11,16,22H,3,6-9H2,1-2H3,(H,24,29)(H,23,26,27). The molecule has 9 nitrogen and oxygen atoms in total. The second-order valence-electron chi connectivity index (χ2n) is 7.09. The number of amides is 1. The first-order chi connectivity index (χ1) is 14.6. The van der Waals surface area contributed by atoms with Crippen LogP contribution in [0.25, 0.3) is 11.0 Å². The molecular weight excluding hydrogens is 450 g/mol. The van der Waals surface area contributed by atoms with E-state index in [0.29, 0.717) is 30.4 Å². The average Bonchev–Trinajstić information content (AvgIpc) is 3.28. The molecular formula is C20H24BrN7O2. The van der Waals surface area contributed by atoms with Crippen molar-refractivity contribution in [2.45, 2.75) is 18.9 Å². The minimum absolute atomic E-state index is 0.103. The summed E-state index contributed by atoms with van der Waals surface area (Å²) in [7, 11) is 3.57. The molecule has 0 radical (unpaired) electrons. The van der Waals surface area contributed by atoms with Crippen molar-refractivity contribution in [3.8, 4) is 0 Å². The van der Waals surface area contributed by atoms with Crippen molar-refractivity contribution in [1.29, 1.82) is 0 Å². The Balaban J connectivity index is 1.77. The van der Waals surface area contributed by atoms with E-state index in [1.54, 1.807) is 11.8 Å². The molecule has 1 aromatic carbocycles. The highest BCUT2D eigenvalue weighted by Gasteiger charge is 2.35. The lowest BCUT2D eigenvalue weighted by Crippen LogP contribution is -2.17. The van der Waals surface area contributed by atoms with Crippen LogP contribution in [0.2, 0.25) is 0 Å². The molecule has 1 aliphatic rings. The number of hydrogen-bond donors (Lipinski definition) is 3. The third kappa shape index (κ3) is 4.16. The van der Waals surface area contributed by atoms with Gasteiger partial charge in [0, 0.05) is 30.0 Å². The van der Waals surface area contributed by atoms with E-state index in [9.17, 15) is 4.79 Å². The summed E-state index contributed by atoms with van der Waals surface area (Å²) < 4.78 is 7.86. The fourth-order valence-corrected chi connectivity index (χ4v) is 3.92. The minimum Gasteiger partial charge on any atom is -0.383 e. The van der Waals surface area contributed by atoms with Gasteiger partial charge in [0.25, 0.3) is 0 Å². The van der Waals surface area contributed by atoms with E-state index in [1.165, 1.54) is 0 Å². The van der Waals surface area contributed by atoms with Gasteiger partial charge in [-0.1, -0.05) is 15.9 Å². The largest absolute Gasteiger partial charge is 0.383 e. The van der Waals surface area contributed by atoms with E-state index >= 15 is 0 Å². The van der Waals surface area contributed by atoms with Gasteiger partial charge in [0.15, 0.2) is 5.65 Å². The first kappa shape index (κ1) is 20.7. The van der Waals surface area contributed by atoms with E-state index in [-0.39, 0.29) is 5.91 Å². The van der Waals surface area contributed by atoms with Gasteiger partial charge in [-0.2, -0.15) is 10.1 Å². The van der Waals surface area contributed by atoms with Crippen LogP contribution in [0.1, 0.15) is 23.6 Å². The van der Waals surface area contributed by atoms with E-state index in [0.717, 1.165) is 40.6 Å². The van der Waals surface area contributed by atoms with Crippen LogP contribution in [-0.2, 0) is 16.1 Å². The van der Waals surface area contributed by atoms with Crippen molar-refractivity contribution in [3.05, 3.63) is 40.1 Å². The van der Waals surface area contributed by atoms with E-state index in [4.69, 9.17) is 9.72 Å². The predicted molar refractivity (Wildman–Crippen MR) is 119 cm³/mol. The Kier molecular flexibility index (Phi) is 6.26. The molecule has 3 heterocycles. The molecule has 1 aliphatic heterocycles. The number of benzene rings is 1. The highest BCUT2D eigenvalue weighted by molar-refractivity contribution is 9.10. The SMILES string of the molecule is CNCCCNc1nc(C2C(=O)Nc3ccc(Br)cc32)c2cn(CCOC)nc2n1. The van der Waals surface area contributed by atoms with E-state index in [1.807, 2.05) is 31.4 Å². The van der Waals surface area contributed by atoms with Crippen LogP contribution in [0.15, 0.2) is 28.9 Å². The number of methoxy groups -OCH3 is 1. The van der Waals surface area contributed by atoms with Crippen molar-refractivity contribution in [2.75, 3.05) is 44.5 Å². The van der Waals surface area contributed by atoms with Crippen LogP contribution in [0.3, 0.4) is 0 Å². The van der Waals surface area contributed by atoms with Crippen molar-refractivity contribution >= 4 is 44.5 Å². The van der Waals surface area contributed by atoms with Crippen LogP contribution < -0.4 is 16.0 Å². The number of fused-ring (bicyclic) bond motifs is 2. The van der Waals surface area contributed by atoms with E-state index < -0.39 is 5.92 Å². The zero-order chi connectivity index (χ0) is 21.1. The minimum atomic E-state index is -0.527. The van der Waals surface area contributed by atoms with Gasteiger partial charge in [0.05, 0.1) is 24.2 Å². The van der Waals surface area contributed by atoms with Crippen molar-refractivity contribution in [1.82, 2.24) is 25.1 Å². The smallest absolute Gasteiger partial charge is 0.238 e. The lowest BCUT2D eigenvalue weighted by atomic mass is 9.95. The second-order valence-corrected chi connectivity index (χ2v) is 8.01. The van der Waals surface area contributed by atoms with Gasteiger partial charge in [-0.25, -0.2) is 4.98 Å². The topological polar surface area (TPSA) is 106 Å². The lowest BCUT2D eigenvalue weighted by Gasteiger charge is -2.12. The van der Waals surface area contributed by atoms with Gasteiger partial charge in [0.2, 0.25) is 11.9 Å². The molecule has 30 heavy (non-hydrogen) atoms. The second kappa shape index (κ2) is 9.07. The molecule has 2 aromatic heterocycles. The fourth-order valence-electron chi connectivity index (χ4n) is 3.54. The van der Waals surface area contributed by atoms with Gasteiger partial charge in [-0.15, -0.1) is 0 Å². The summed E-state index contributed by atoms with van der Waals surface area (Å²) in [5, 5.41) is 14.7. The van der Waals surface area contributed by atoms with Crippen LogP contribution in [-0.4, -0.2) is 59.5 Å². The predicted octanol–water partition coefficient (Wildman–Crippen LogP) is 2.34. The first-order valence-electron chi connectivity index (χ1n) is 9.83. The quantitative estimate of drug-likeness (QED) is 0.409. The molecule has 1 amide bonds. The third-order valence-electron chi connectivity index (χ3n) is 4.99. The Morgan fingerprint density at radius 1 is 1.30 bits per heavy atom. The summed E-state index contributed by atoms with van der Waals surface area (Å²) in [6, 6.07) is 5.77. The Hall–Kier alpha value is -2.56. The number of ether oxygens (including phenoxy) is 1. The van der Waals surface area contributed by atoms with Crippen molar-refractivity contribution in [2.24, 2.45) is 0 Å². The first-order valence-corrected chi connectivity index (χ1v) is 10.6. The van der Waals surface area contributed by atoms with Crippen LogP contribution in [0, 0.1) is 0 Å². The van der Waals surface area contributed by atoms with Gasteiger partial charge < -0.3 is 20.7 Å². The molecule has 10 heteroatoms. The number of rotatable bonds is 9. The van der Waals surface area contributed by atoms with E-state index in [2.05, 4.69) is 42.0 Å². The molecule has 3 N–H and O–H groups in total. The summed E-state index contributed by atoms with van der Waals surface area (Å²) in [6.07, 6.45) is 2.81. The molecule has 0 aliphatic carbocycles. The van der Waals surface area contributed by atoms with Crippen LogP contribution in [0.5, 0.6) is 0 Å². The maximum atomic E-state index is 12.9. The van der Waals surface area contributed by atoms with Gasteiger partial charge in [-0.3, -0.25) is 9.48 Å². The molecule has 4 rings (SSSR count). The number of carbonyl (C=O) groups is 1. The van der Waals surface area contributed by atoms with Crippen LogP contribution >= 0.6 is 15.9 Å². The number of nitrogens with one attached hydrogen (secondary N) is 3. The zero-order valence-electron chi connectivity index (χ0n) is 16.9. The highest BCUT2D eigenvalue weighted by Crippen LogP contribution is 2.40. The molecule has 1 atom stereocenters. The molecule has 0 fully saturated rings. The number of halogens is 1. The zero-order valence-corrected chi connectivity index (χ0v) is 18.5. The van der Waals surface area contributed by atoms with Crippen molar-refractivity contribution < 1.29 is 9.53 Å². The molecule has 1 unspecified atom stereocenters. The number of nitrogens with zero attached hydrogens (tertiary/aromatic N) is 4. The Bertz CT molecular complexity index is 1070. The van der Waals surface area contributed by atoms with Crippen molar-refractivity contribution in [3.63, 3.8) is 0 Å². The van der Waals surface area contributed by atoms with Crippen LogP contribution in [0.4, 0.5) is 11.6 Å². The summed E-state index contributed by atoms with van der Waals surface area (Å²) >= 11 is 3.51. The fraction of sp³-hybridized carbons (Fsp3) is 0.400. The third-order valence-corrected chi connectivity index (χ3v) is 5.48. The number of aromatic nitrogens is 4. The molecule has 0 bridgehead atoms. The number of carbonyl (C=O) groups excluding carboxylic acids is 1. The highest BCUT2D eigenvalue weighted by atomic mass is 79.9. The summed E-state index contributed by atoms with van der Waals surface area (Å²) in [6.45, 7) is 2.73. The Labute approximate surface area is 182 Å². The molecule has 0 saturated carbocycles. The number of anilines is 2. The summed E-state index contributed by atoms with van der Waals surface area (Å²) in [5.74, 6) is -0.156. The maximum Gasteiger partial charge on any atom is 0.238 e. The maximum absolute atomic E-state index is 12.9. The van der Waals surface area contributed by atoms with Gasteiger partial charge >= 0.3 is 0 Å². The summed E-state index contributed by atoms with van der Waals surface area (Å²) in [5.41, 5.74) is 2.90. The Morgan fingerprint density at radius 2 is 2.17 bits per heavy atom. The summed E-state index contributed by atoms with van der Waals surface area (Å²) in [4.78, 5) is 22.2. The molecule has 0 spiro atoms. The molecule has 3 aromatic rings. The Morgan fingerprint density at radius 3 is 2.97 bits per heavy atom.